The molecule has 0 saturated carbocycles. The van der Waals surface area contributed by atoms with Gasteiger partial charge in [0.15, 0.2) is 0 Å². The van der Waals surface area contributed by atoms with Crippen molar-refractivity contribution < 1.29 is 4.74 Å². The Kier molecular flexibility index (Phi) is 3.28. The van der Waals surface area contributed by atoms with E-state index in [0.29, 0.717) is 6.61 Å². The number of hydrogen-bond donors (Lipinski definition) is 1. The first kappa shape index (κ1) is 14.7. The molecule has 2 aromatic carbocycles. The van der Waals surface area contributed by atoms with Gasteiger partial charge in [-0.05, 0) is 23.8 Å². The zero-order chi connectivity index (χ0) is 16.8. The average molecular weight is 322 g/mol. The van der Waals surface area contributed by atoms with Crippen molar-refractivity contribution in [3.8, 4) is 11.4 Å². The number of hydrogen-bond acceptors (Lipinski definition) is 3. The predicted molar refractivity (Wildman–Crippen MR) is 94.0 cm³/mol. The topological polar surface area (TPSA) is 64.8 Å². The molecule has 0 unspecified atom stereocenters. The number of aryl methyl sites for hydroxylation is 2. The molecular weight excluding hydrogens is 304 g/mol. The van der Waals surface area contributed by atoms with E-state index in [-0.39, 0.29) is 5.69 Å². The number of benzene rings is 2. The summed E-state index contributed by atoms with van der Waals surface area (Å²) in [4.78, 5) is 20.1. The molecule has 0 radical (unpaired) electrons. The molecule has 0 atom stereocenters. The van der Waals surface area contributed by atoms with E-state index in [1.165, 1.54) is 0 Å². The van der Waals surface area contributed by atoms with Crippen molar-refractivity contribution in [2.45, 2.75) is 6.61 Å². The maximum absolute atomic E-state index is 12.1. The minimum atomic E-state index is -0.0369. The molecule has 0 aliphatic carbocycles. The molecule has 24 heavy (non-hydrogen) atoms. The quantitative estimate of drug-likeness (QED) is 0.630. The number of imidazole rings is 2. The number of nitrogens with zero attached hydrogens (tertiary/aromatic N) is 3. The summed E-state index contributed by atoms with van der Waals surface area (Å²) < 4.78 is 8.48. The van der Waals surface area contributed by atoms with Crippen molar-refractivity contribution >= 4 is 22.1 Å². The Balaban J connectivity index is 1.90. The summed E-state index contributed by atoms with van der Waals surface area (Å²) in [7, 11) is 5.24. The first-order valence-electron chi connectivity index (χ1n) is 7.72. The summed E-state index contributed by atoms with van der Waals surface area (Å²) in [5, 5.41) is 0. The van der Waals surface area contributed by atoms with Crippen molar-refractivity contribution in [3.63, 3.8) is 0 Å². The third-order valence-electron chi connectivity index (χ3n) is 4.39. The first-order valence-corrected chi connectivity index (χ1v) is 7.72. The van der Waals surface area contributed by atoms with Crippen LogP contribution in [0.4, 0.5) is 0 Å². The van der Waals surface area contributed by atoms with Gasteiger partial charge in [0.05, 0.1) is 28.7 Å². The van der Waals surface area contributed by atoms with Crippen LogP contribution in [0.5, 0.6) is 0 Å². The van der Waals surface area contributed by atoms with Gasteiger partial charge in [0.1, 0.15) is 5.82 Å². The van der Waals surface area contributed by atoms with Crippen molar-refractivity contribution in [1.29, 1.82) is 0 Å². The van der Waals surface area contributed by atoms with E-state index >= 15 is 0 Å². The van der Waals surface area contributed by atoms with Crippen LogP contribution in [-0.2, 0) is 25.4 Å². The molecule has 6 heteroatoms. The van der Waals surface area contributed by atoms with E-state index < -0.39 is 0 Å². The Bertz CT molecular complexity index is 1060. The summed E-state index contributed by atoms with van der Waals surface area (Å²) in [5.41, 5.74) is 5.60. The van der Waals surface area contributed by atoms with Gasteiger partial charge in [-0.1, -0.05) is 18.2 Å². The highest BCUT2D eigenvalue weighted by molar-refractivity contribution is 5.93. The molecule has 6 nitrogen and oxygen atoms in total. The molecule has 0 saturated heterocycles. The Labute approximate surface area is 138 Å². The molecule has 122 valence electrons. The van der Waals surface area contributed by atoms with Crippen LogP contribution in [0, 0.1) is 0 Å². The lowest BCUT2D eigenvalue weighted by Crippen LogP contribution is -2.19. The number of rotatable bonds is 3. The van der Waals surface area contributed by atoms with Crippen LogP contribution >= 0.6 is 0 Å². The van der Waals surface area contributed by atoms with Gasteiger partial charge in [-0.25, -0.2) is 9.78 Å². The third-order valence-corrected chi connectivity index (χ3v) is 4.39. The molecular formula is C18H18N4O2. The van der Waals surface area contributed by atoms with Gasteiger partial charge < -0.3 is 9.72 Å². The van der Waals surface area contributed by atoms with Crippen molar-refractivity contribution in [2.75, 3.05) is 7.11 Å². The summed E-state index contributed by atoms with van der Waals surface area (Å²) in [6.45, 7) is 0.570. The molecule has 0 aliphatic heterocycles. The van der Waals surface area contributed by atoms with Crippen molar-refractivity contribution in [2.24, 2.45) is 14.1 Å². The van der Waals surface area contributed by atoms with Gasteiger partial charge in [-0.3, -0.25) is 9.13 Å². The van der Waals surface area contributed by atoms with E-state index in [1.807, 2.05) is 30.3 Å². The predicted octanol–water partition coefficient (Wildman–Crippen LogP) is 2.57. The van der Waals surface area contributed by atoms with Crippen LogP contribution in [0.25, 0.3) is 33.5 Å². The second-order valence-electron chi connectivity index (χ2n) is 5.98. The van der Waals surface area contributed by atoms with E-state index in [2.05, 4.69) is 11.1 Å². The highest BCUT2D eigenvalue weighted by Gasteiger charge is 2.12. The fourth-order valence-corrected chi connectivity index (χ4v) is 3.11. The first-order chi connectivity index (χ1) is 11.6. The van der Waals surface area contributed by atoms with Crippen LogP contribution in [0.3, 0.4) is 0 Å². The second kappa shape index (κ2) is 5.35. The molecule has 1 N–H and O–H groups in total. The van der Waals surface area contributed by atoms with E-state index in [4.69, 9.17) is 9.72 Å². The minimum Gasteiger partial charge on any atom is -0.380 e. The fraction of sp³-hybridized carbons (Fsp3) is 0.222. The number of ether oxygens (including phenoxy) is 1. The standard InChI is InChI=1S/C18H18N4O2/c1-21-15-8-13-14(9-16(15)22(2)18(21)23)20-17(19-13)12-6-4-5-11(7-12)10-24-3/h4-9H,10H2,1-3H3,(H,19,20). The maximum atomic E-state index is 12.1. The highest BCUT2D eigenvalue weighted by Crippen LogP contribution is 2.25. The van der Waals surface area contributed by atoms with E-state index in [0.717, 1.165) is 39.0 Å². The summed E-state index contributed by atoms with van der Waals surface area (Å²) in [5.74, 6) is 0.809. The van der Waals surface area contributed by atoms with Crippen molar-refractivity contribution in [3.05, 3.63) is 52.4 Å². The van der Waals surface area contributed by atoms with Gasteiger partial charge >= 0.3 is 5.69 Å². The highest BCUT2D eigenvalue weighted by atomic mass is 16.5. The molecule has 4 rings (SSSR count). The Morgan fingerprint density at radius 2 is 1.88 bits per heavy atom. The van der Waals surface area contributed by atoms with Gasteiger partial charge in [0, 0.05) is 26.8 Å². The van der Waals surface area contributed by atoms with Gasteiger partial charge in [0.2, 0.25) is 0 Å². The molecule has 2 heterocycles. The molecule has 0 amide bonds. The van der Waals surface area contributed by atoms with Gasteiger partial charge in [-0.15, -0.1) is 0 Å². The largest absolute Gasteiger partial charge is 0.380 e. The molecule has 0 aliphatic rings. The fourth-order valence-electron chi connectivity index (χ4n) is 3.11. The molecule has 0 spiro atoms. The lowest BCUT2D eigenvalue weighted by atomic mass is 10.1. The minimum absolute atomic E-state index is 0.0369. The van der Waals surface area contributed by atoms with Crippen LogP contribution in [-0.4, -0.2) is 26.2 Å². The zero-order valence-electron chi connectivity index (χ0n) is 13.8. The van der Waals surface area contributed by atoms with Crippen LogP contribution in [0.15, 0.2) is 41.2 Å². The SMILES string of the molecule is COCc1cccc(-c2nc3cc4c(cc3[nH]2)n(C)c(=O)n4C)c1. The summed E-state index contributed by atoms with van der Waals surface area (Å²) >= 11 is 0. The van der Waals surface area contributed by atoms with Crippen LogP contribution < -0.4 is 5.69 Å². The Hall–Kier alpha value is -2.86. The van der Waals surface area contributed by atoms with Crippen LogP contribution in [0.2, 0.25) is 0 Å². The lowest BCUT2D eigenvalue weighted by Gasteiger charge is -2.01. The second-order valence-corrected chi connectivity index (χ2v) is 5.98. The van der Waals surface area contributed by atoms with E-state index in [1.54, 1.807) is 30.3 Å². The zero-order valence-corrected chi connectivity index (χ0v) is 13.8. The number of aromatic nitrogens is 4. The smallest absolute Gasteiger partial charge is 0.328 e. The molecule has 2 aromatic heterocycles. The third kappa shape index (κ3) is 2.15. The van der Waals surface area contributed by atoms with Crippen LogP contribution in [0.1, 0.15) is 5.56 Å². The van der Waals surface area contributed by atoms with E-state index in [9.17, 15) is 4.79 Å². The van der Waals surface area contributed by atoms with Gasteiger partial charge in [0.25, 0.3) is 0 Å². The number of aromatic amines is 1. The lowest BCUT2D eigenvalue weighted by molar-refractivity contribution is 0.185. The maximum Gasteiger partial charge on any atom is 0.328 e. The number of fused-ring (bicyclic) bond motifs is 2. The Morgan fingerprint density at radius 3 is 2.62 bits per heavy atom. The molecule has 0 fully saturated rings. The monoisotopic (exact) mass is 322 g/mol. The average Bonchev–Trinajstić information content (AvgIpc) is 3.10. The number of nitrogens with one attached hydrogen (secondary N) is 1. The van der Waals surface area contributed by atoms with Gasteiger partial charge in [-0.2, -0.15) is 0 Å². The molecule has 4 aromatic rings. The molecule has 0 bridgehead atoms. The number of methoxy groups -OCH3 is 1. The normalized spacial score (nSPS) is 11.6. The summed E-state index contributed by atoms with van der Waals surface area (Å²) in [6, 6.07) is 12.0. The van der Waals surface area contributed by atoms with Crippen molar-refractivity contribution in [1.82, 2.24) is 19.1 Å². The number of H-pyrrole nitrogens is 1. The Morgan fingerprint density at radius 1 is 1.12 bits per heavy atom. The summed E-state index contributed by atoms with van der Waals surface area (Å²) in [6.07, 6.45) is 0.